The van der Waals surface area contributed by atoms with Crippen molar-refractivity contribution in [1.29, 1.82) is 0 Å². The standard InChI is InChI=1S/C9H13NO2/c10-5-7-3-1-2-4-8(7)9(12)6-11/h1-4,9,11-12H,5-6,10H2. The van der Waals surface area contributed by atoms with Crippen LogP contribution in [-0.2, 0) is 6.54 Å². The SMILES string of the molecule is NCc1ccccc1C(O)CO. The summed E-state index contributed by atoms with van der Waals surface area (Å²) in [4.78, 5) is 0. The highest BCUT2D eigenvalue weighted by Gasteiger charge is 2.08. The molecular formula is C9H13NO2. The molecule has 0 bridgehead atoms. The molecule has 0 amide bonds. The molecule has 1 aromatic rings. The molecular weight excluding hydrogens is 154 g/mol. The van der Waals surface area contributed by atoms with Gasteiger partial charge in [0.05, 0.1) is 6.61 Å². The van der Waals surface area contributed by atoms with Crippen molar-refractivity contribution in [2.75, 3.05) is 6.61 Å². The van der Waals surface area contributed by atoms with Gasteiger partial charge in [0.25, 0.3) is 0 Å². The zero-order valence-corrected chi connectivity index (χ0v) is 6.77. The van der Waals surface area contributed by atoms with Crippen LogP contribution in [0.3, 0.4) is 0 Å². The maximum atomic E-state index is 9.34. The highest BCUT2D eigenvalue weighted by atomic mass is 16.3. The van der Waals surface area contributed by atoms with Crippen LogP contribution < -0.4 is 5.73 Å². The van der Waals surface area contributed by atoms with Gasteiger partial charge in [-0.05, 0) is 11.1 Å². The van der Waals surface area contributed by atoms with Gasteiger partial charge in [-0.2, -0.15) is 0 Å². The normalized spacial score (nSPS) is 12.9. The van der Waals surface area contributed by atoms with Crippen LogP contribution in [0.2, 0.25) is 0 Å². The lowest BCUT2D eigenvalue weighted by Gasteiger charge is -2.11. The van der Waals surface area contributed by atoms with Crippen molar-refractivity contribution in [3.63, 3.8) is 0 Å². The predicted molar refractivity (Wildman–Crippen MR) is 46.4 cm³/mol. The van der Waals surface area contributed by atoms with Gasteiger partial charge in [0, 0.05) is 6.54 Å². The van der Waals surface area contributed by atoms with Crippen molar-refractivity contribution in [3.05, 3.63) is 35.4 Å². The van der Waals surface area contributed by atoms with E-state index < -0.39 is 6.10 Å². The second-order valence-electron chi connectivity index (χ2n) is 2.60. The van der Waals surface area contributed by atoms with Crippen molar-refractivity contribution in [2.45, 2.75) is 12.6 Å². The van der Waals surface area contributed by atoms with Crippen molar-refractivity contribution in [1.82, 2.24) is 0 Å². The third kappa shape index (κ3) is 1.82. The van der Waals surface area contributed by atoms with Gasteiger partial charge in [0.1, 0.15) is 6.10 Å². The molecule has 0 aliphatic heterocycles. The molecule has 1 aromatic carbocycles. The fourth-order valence-corrected chi connectivity index (χ4v) is 1.14. The first-order valence-electron chi connectivity index (χ1n) is 3.86. The Kier molecular flexibility index (Phi) is 3.22. The van der Waals surface area contributed by atoms with E-state index >= 15 is 0 Å². The highest BCUT2D eigenvalue weighted by molar-refractivity contribution is 5.28. The molecule has 66 valence electrons. The van der Waals surface area contributed by atoms with E-state index in [0.717, 1.165) is 5.56 Å². The van der Waals surface area contributed by atoms with Crippen LogP contribution in [0.5, 0.6) is 0 Å². The van der Waals surface area contributed by atoms with Crippen molar-refractivity contribution >= 4 is 0 Å². The molecule has 3 heteroatoms. The first-order valence-corrected chi connectivity index (χ1v) is 3.86. The molecule has 0 saturated heterocycles. The van der Waals surface area contributed by atoms with Gasteiger partial charge < -0.3 is 15.9 Å². The maximum absolute atomic E-state index is 9.34. The number of benzene rings is 1. The number of aliphatic hydroxyl groups is 2. The molecule has 0 aliphatic carbocycles. The molecule has 1 unspecified atom stereocenters. The first-order chi connectivity index (χ1) is 5.79. The average molecular weight is 167 g/mol. The summed E-state index contributed by atoms with van der Waals surface area (Å²) in [6.45, 7) is 0.115. The summed E-state index contributed by atoms with van der Waals surface area (Å²) in [5, 5.41) is 18.1. The number of nitrogens with two attached hydrogens (primary N) is 1. The molecule has 1 rings (SSSR count). The van der Waals surface area contributed by atoms with E-state index in [4.69, 9.17) is 10.8 Å². The van der Waals surface area contributed by atoms with E-state index in [0.29, 0.717) is 12.1 Å². The summed E-state index contributed by atoms with van der Waals surface area (Å²) in [7, 11) is 0. The highest BCUT2D eigenvalue weighted by Crippen LogP contribution is 2.16. The van der Waals surface area contributed by atoms with Crippen molar-refractivity contribution in [3.8, 4) is 0 Å². The fourth-order valence-electron chi connectivity index (χ4n) is 1.14. The van der Waals surface area contributed by atoms with Crippen LogP contribution in [0.25, 0.3) is 0 Å². The Morgan fingerprint density at radius 3 is 2.58 bits per heavy atom. The second-order valence-corrected chi connectivity index (χ2v) is 2.60. The average Bonchev–Trinajstić information content (AvgIpc) is 2.16. The number of aliphatic hydroxyl groups excluding tert-OH is 2. The number of hydrogen-bond acceptors (Lipinski definition) is 3. The largest absolute Gasteiger partial charge is 0.393 e. The molecule has 4 N–H and O–H groups in total. The van der Waals surface area contributed by atoms with Gasteiger partial charge in [-0.15, -0.1) is 0 Å². The minimum absolute atomic E-state index is 0.267. The Morgan fingerprint density at radius 2 is 2.00 bits per heavy atom. The molecule has 0 saturated carbocycles. The predicted octanol–water partition coefficient (Wildman–Crippen LogP) is 0.171. The minimum atomic E-state index is -0.815. The van der Waals surface area contributed by atoms with Crippen LogP contribution in [0.1, 0.15) is 17.2 Å². The zero-order chi connectivity index (χ0) is 8.97. The van der Waals surface area contributed by atoms with E-state index in [-0.39, 0.29) is 6.61 Å². The second kappa shape index (κ2) is 4.21. The van der Waals surface area contributed by atoms with Gasteiger partial charge in [-0.25, -0.2) is 0 Å². The smallest absolute Gasteiger partial charge is 0.102 e. The first kappa shape index (κ1) is 9.19. The van der Waals surface area contributed by atoms with Crippen LogP contribution >= 0.6 is 0 Å². The van der Waals surface area contributed by atoms with E-state index in [2.05, 4.69) is 0 Å². The quantitative estimate of drug-likeness (QED) is 0.601. The summed E-state index contributed by atoms with van der Waals surface area (Å²) >= 11 is 0. The summed E-state index contributed by atoms with van der Waals surface area (Å²) in [5.74, 6) is 0. The molecule has 0 heterocycles. The third-order valence-corrected chi connectivity index (χ3v) is 1.81. The van der Waals surface area contributed by atoms with Crippen LogP contribution in [0.4, 0.5) is 0 Å². The van der Waals surface area contributed by atoms with E-state index in [1.807, 2.05) is 18.2 Å². The van der Waals surface area contributed by atoms with Gasteiger partial charge in [0.15, 0.2) is 0 Å². The van der Waals surface area contributed by atoms with E-state index in [1.165, 1.54) is 0 Å². The Morgan fingerprint density at radius 1 is 1.33 bits per heavy atom. The summed E-state index contributed by atoms with van der Waals surface area (Å²) in [6.07, 6.45) is -0.815. The van der Waals surface area contributed by atoms with Gasteiger partial charge in [-0.3, -0.25) is 0 Å². The lowest BCUT2D eigenvalue weighted by molar-refractivity contribution is 0.0949. The molecule has 0 aliphatic rings. The Labute approximate surface area is 71.5 Å². The molecule has 0 spiro atoms. The van der Waals surface area contributed by atoms with Gasteiger partial charge in [-0.1, -0.05) is 24.3 Å². The van der Waals surface area contributed by atoms with Crippen LogP contribution in [0.15, 0.2) is 24.3 Å². The van der Waals surface area contributed by atoms with Crippen molar-refractivity contribution in [2.24, 2.45) is 5.73 Å². The summed E-state index contributed by atoms with van der Waals surface area (Å²) < 4.78 is 0. The van der Waals surface area contributed by atoms with Crippen LogP contribution in [0, 0.1) is 0 Å². The van der Waals surface area contributed by atoms with E-state index in [1.54, 1.807) is 6.07 Å². The Balaban J connectivity index is 2.96. The number of rotatable bonds is 3. The van der Waals surface area contributed by atoms with Gasteiger partial charge in [0.2, 0.25) is 0 Å². The fraction of sp³-hybridized carbons (Fsp3) is 0.333. The lowest BCUT2D eigenvalue weighted by atomic mass is 10.0. The zero-order valence-electron chi connectivity index (χ0n) is 6.77. The Bertz CT molecular complexity index is 250. The maximum Gasteiger partial charge on any atom is 0.102 e. The van der Waals surface area contributed by atoms with Gasteiger partial charge >= 0.3 is 0 Å². The molecule has 0 fully saturated rings. The molecule has 0 radical (unpaired) electrons. The third-order valence-electron chi connectivity index (χ3n) is 1.81. The molecule has 0 aromatic heterocycles. The van der Waals surface area contributed by atoms with E-state index in [9.17, 15) is 5.11 Å². The lowest BCUT2D eigenvalue weighted by Crippen LogP contribution is -2.08. The topological polar surface area (TPSA) is 66.5 Å². The van der Waals surface area contributed by atoms with Crippen LogP contribution in [-0.4, -0.2) is 16.8 Å². The monoisotopic (exact) mass is 167 g/mol. The summed E-state index contributed by atoms with van der Waals surface area (Å²) in [5.41, 5.74) is 7.04. The molecule has 1 atom stereocenters. The van der Waals surface area contributed by atoms with Crippen molar-refractivity contribution < 1.29 is 10.2 Å². The number of hydrogen-bond donors (Lipinski definition) is 3. The summed E-state index contributed by atoms with van der Waals surface area (Å²) in [6, 6.07) is 7.28. The molecule has 12 heavy (non-hydrogen) atoms. The minimum Gasteiger partial charge on any atom is -0.393 e. The molecule has 3 nitrogen and oxygen atoms in total. The Hall–Kier alpha value is -0.900.